The lowest BCUT2D eigenvalue weighted by Gasteiger charge is -2.57. The predicted molar refractivity (Wildman–Crippen MR) is 114 cm³/mol. The van der Waals surface area contributed by atoms with Crippen molar-refractivity contribution in [1.82, 2.24) is 25.1 Å². The van der Waals surface area contributed by atoms with Crippen LogP contribution in [0.15, 0.2) is 30.5 Å². The van der Waals surface area contributed by atoms with Crippen LogP contribution < -0.4 is 15.8 Å². The predicted octanol–water partition coefficient (Wildman–Crippen LogP) is 1.07. The average Bonchev–Trinajstić information content (AvgIpc) is 3.09. The number of aliphatic hydroxyl groups is 1. The highest BCUT2D eigenvalue weighted by molar-refractivity contribution is 5.98. The Morgan fingerprint density at radius 1 is 1.28 bits per heavy atom. The first kappa shape index (κ1) is 20.4. The maximum absolute atomic E-state index is 12.4. The van der Waals surface area contributed by atoms with Crippen molar-refractivity contribution in [3.8, 4) is 5.88 Å². The van der Waals surface area contributed by atoms with E-state index in [1.54, 1.807) is 42.2 Å². The summed E-state index contributed by atoms with van der Waals surface area (Å²) in [7, 11) is 1.78. The monoisotopic (exact) mass is 436 g/mol. The fraction of sp³-hybridized carbons (Fsp3) is 0.409. The molecule has 0 aliphatic heterocycles. The Morgan fingerprint density at radius 3 is 2.78 bits per heavy atom. The molecule has 0 bridgehead atoms. The third-order valence-electron chi connectivity index (χ3n) is 6.43. The number of rotatable bonds is 6. The molecule has 2 fully saturated rings. The second-order valence-corrected chi connectivity index (χ2v) is 8.79. The van der Waals surface area contributed by atoms with Crippen LogP contribution in [0.25, 0.3) is 11.0 Å². The molecule has 0 saturated heterocycles. The van der Waals surface area contributed by atoms with E-state index in [0.29, 0.717) is 17.0 Å². The van der Waals surface area contributed by atoms with Gasteiger partial charge >= 0.3 is 0 Å². The molecule has 5 rings (SSSR count). The number of hydrogen-bond donors (Lipinski definition) is 3. The van der Waals surface area contributed by atoms with Gasteiger partial charge in [0.25, 0.3) is 11.8 Å². The second kappa shape index (κ2) is 7.56. The normalized spacial score (nSPS) is 24.1. The van der Waals surface area contributed by atoms with Gasteiger partial charge < -0.3 is 20.9 Å². The van der Waals surface area contributed by atoms with E-state index in [0.717, 1.165) is 31.1 Å². The molecular weight excluding hydrogens is 412 g/mol. The molecule has 166 valence electrons. The zero-order valence-electron chi connectivity index (χ0n) is 17.6. The Hall–Kier alpha value is -3.53. The molecule has 0 radical (unpaired) electrons. The highest BCUT2D eigenvalue weighted by Crippen LogP contribution is 2.56. The number of nitrogens with one attached hydrogen (secondary N) is 1. The summed E-state index contributed by atoms with van der Waals surface area (Å²) in [6.07, 6.45) is 4.99. The largest absolute Gasteiger partial charge is 0.474 e. The van der Waals surface area contributed by atoms with Crippen molar-refractivity contribution in [2.24, 2.45) is 18.2 Å². The van der Waals surface area contributed by atoms with Crippen molar-refractivity contribution in [2.45, 2.75) is 44.4 Å². The zero-order valence-corrected chi connectivity index (χ0v) is 17.6. The van der Waals surface area contributed by atoms with Crippen LogP contribution in [0.3, 0.4) is 0 Å². The summed E-state index contributed by atoms with van der Waals surface area (Å²) in [5.41, 5.74) is 7.33. The summed E-state index contributed by atoms with van der Waals surface area (Å²) in [4.78, 5) is 32.9. The molecule has 4 N–H and O–H groups in total. The van der Waals surface area contributed by atoms with Crippen LogP contribution >= 0.6 is 0 Å². The van der Waals surface area contributed by atoms with Gasteiger partial charge in [0.1, 0.15) is 17.4 Å². The van der Waals surface area contributed by atoms with E-state index >= 15 is 0 Å². The van der Waals surface area contributed by atoms with Gasteiger partial charge in [0, 0.05) is 18.5 Å². The van der Waals surface area contributed by atoms with Crippen LogP contribution in [-0.4, -0.2) is 48.8 Å². The Kier molecular flexibility index (Phi) is 4.81. The number of carbonyl (C=O) groups excluding carboxylic acids is 2. The molecule has 2 amide bonds. The Labute approximate surface area is 183 Å². The van der Waals surface area contributed by atoms with E-state index in [1.165, 1.54) is 0 Å². The van der Waals surface area contributed by atoms with Crippen LogP contribution in [0, 0.1) is 5.41 Å². The number of aryl methyl sites for hydroxylation is 1. The Morgan fingerprint density at radius 2 is 2.06 bits per heavy atom. The van der Waals surface area contributed by atoms with Gasteiger partial charge in [0.05, 0.1) is 18.5 Å². The molecule has 2 saturated carbocycles. The molecule has 1 spiro atoms. The highest BCUT2D eigenvalue weighted by Gasteiger charge is 2.54. The molecular formula is C22H24N6O4. The third kappa shape index (κ3) is 3.56. The maximum atomic E-state index is 12.4. The quantitative estimate of drug-likeness (QED) is 0.524. The van der Waals surface area contributed by atoms with Gasteiger partial charge in [0.15, 0.2) is 5.65 Å². The molecule has 3 aromatic heterocycles. The van der Waals surface area contributed by atoms with Crippen LogP contribution in [0.1, 0.15) is 52.2 Å². The number of carbonyl (C=O) groups is 2. The number of ether oxygens (including phenoxy) is 1. The number of aromatic nitrogens is 4. The first-order valence-corrected chi connectivity index (χ1v) is 10.5. The molecule has 2 aliphatic rings. The highest BCUT2D eigenvalue weighted by atomic mass is 16.5. The number of pyridine rings is 2. The van der Waals surface area contributed by atoms with Crippen molar-refractivity contribution in [3.05, 3.63) is 47.4 Å². The van der Waals surface area contributed by atoms with Crippen LogP contribution in [-0.2, 0) is 13.7 Å². The van der Waals surface area contributed by atoms with Gasteiger partial charge in [-0.15, -0.1) is 0 Å². The molecule has 0 aromatic carbocycles. The maximum Gasteiger partial charge on any atom is 0.270 e. The number of aliphatic hydroxyl groups excluding tert-OH is 1. The second-order valence-electron chi connectivity index (χ2n) is 8.79. The molecule has 32 heavy (non-hydrogen) atoms. The lowest BCUT2D eigenvalue weighted by Crippen LogP contribution is -2.58. The van der Waals surface area contributed by atoms with Gasteiger partial charge in [-0.25, -0.2) is 4.98 Å². The lowest BCUT2D eigenvalue weighted by molar-refractivity contribution is -0.0847. The number of hydrogen-bond acceptors (Lipinski definition) is 7. The van der Waals surface area contributed by atoms with E-state index in [2.05, 4.69) is 20.4 Å². The number of fused-ring (bicyclic) bond motifs is 1. The molecule has 2 aliphatic carbocycles. The molecule has 3 heterocycles. The molecule has 0 unspecified atom stereocenters. The van der Waals surface area contributed by atoms with Gasteiger partial charge in [-0.3, -0.25) is 14.3 Å². The topological polar surface area (TPSA) is 145 Å². The van der Waals surface area contributed by atoms with Gasteiger partial charge in [-0.2, -0.15) is 10.1 Å². The van der Waals surface area contributed by atoms with E-state index in [9.17, 15) is 14.7 Å². The van der Waals surface area contributed by atoms with Crippen molar-refractivity contribution in [3.63, 3.8) is 0 Å². The van der Waals surface area contributed by atoms with E-state index in [1.807, 2.05) is 0 Å². The minimum Gasteiger partial charge on any atom is -0.474 e. The summed E-state index contributed by atoms with van der Waals surface area (Å²) < 4.78 is 7.67. The van der Waals surface area contributed by atoms with Gasteiger partial charge in [-0.05, 0) is 49.3 Å². The number of amides is 2. The average molecular weight is 436 g/mol. The first-order valence-electron chi connectivity index (χ1n) is 10.5. The number of nitrogens with zero attached hydrogens (tertiary/aromatic N) is 4. The van der Waals surface area contributed by atoms with Crippen LogP contribution in [0.4, 0.5) is 0 Å². The van der Waals surface area contributed by atoms with Crippen LogP contribution in [0.5, 0.6) is 5.88 Å². The van der Waals surface area contributed by atoms with E-state index in [-0.39, 0.29) is 41.5 Å². The Bertz CT molecular complexity index is 1210. The lowest BCUT2D eigenvalue weighted by atomic mass is 9.53. The number of primary amides is 1. The summed E-state index contributed by atoms with van der Waals surface area (Å²) in [5.74, 6) is -0.572. The minimum absolute atomic E-state index is 0.0502. The van der Waals surface area contributed by atoms with E-state index in [4.69, 9.17) is 10.5 Å². The minimum atomic E-state index is -0.586. The molecule has 10 nitrogen and oxygen atoms in total. The standard InChI is InChI=1S/C22H24N6O4/c1-28-19-12(10-24-28)5-16(18(23)30)21(27-19)32-15-8-22(9-15)6-14(7-22)26-20(31)17-4-2-3-13(11-29)25-17/h2-5,10,14-15,29H,6-9,11H2,1H3,(H2,23,30)(H,26,31)/t14-,15-,22?. The van der Waals surface area contributed by atoms with Crippen molar-refractivity contribution >= 4 is 22.8 Å². The van der Waals surface area contributed by atoms with E-state index < -0.39 is 5.91 Å². The fourth-order valence-electron chi connectivity index (χ4n) is 4.85. The fourth-order valence-corrected chi connectivity index (χ4v) is 4.85. The summed E-state index contributed by atoms with van der Waals surface area (Å²) in [6, 6.07) is 6.78. The Balaban J connectivity index is 1.18. The van der Waals surface area contributed by atoms with Gasteiger partial charge in [0.2, 0.25) is 5.88 Å². The van der Waals surface area contributed by atoms with Crippen LogP contribution in [0.2, 0.25) is 0 Å². The molecule has 3 aromatic rings. The smallest absolute Gasteiger partial charge is 0.270 e. The van der Waals surface area contributed by atoms with Crippen molar-refractivity contribution < 1.29 is 19.4 Å². The third-order valence-corrected chi connectivity index (χ3v) is 6.43. The van der Waals surface area contributed by atoms with Crippen molar-refractivity contribution in [2.75, 3.05) is 0 Å². The summed E-state index contributed by atoms with van der Waals surface area (Å²) in [5, 5.41) is 17.1. The van der Waals surface area contributed by atoms with Gasteiger partial charge in [-0.1, -0.05) is 6.07 Å². The first-order chi connectivity index (χ1) is 15.4. The molecule has 10 heteroatoms. The SMILES string of the molecule is Cn1ncc2cc(C(N)=O)c(O[C@H]3CC4(C[C@H](NC(=O)c5cccc(CO)n5)C4)C3)nc21. The summed E-state index contributed by atoms with van der Waals surface area (Å²) in [6.45, 7) is -0.199. The zero-order chi connectivity index (χ0) is 22.5. The number of nitrogens with two attached hydrogens (primary N) is 1. The van der Waals surface area contributed by atoms with Crippen molar-refractivity contribution in [1.29, 1.82) is 0 Å². The molecule has 0 atom stereocenters. The summed E-state index contributed by atoms with van der Waals surface area (Å²) >= 11 is 0.